The fraction of sp³-hybridized carbons (Fsp3) is 0.600. The average Bonchev–Trinajstić information content (AvgIpc) is 2.41. The van der Waals surface area contributed by atoms with Gasteiger partial charge in [0.2, 0.25) is 0 Å². The molecular formula is C15H25N3. The Balaban J connectivity index is 2.29. The molecular weight excluding hydrogens is 222 g/mol. The van der Waals surface area contributed by atoms with Gasteiger partial charge >= 0.3 is 0 Å². The lowest BCUT2D eigenvalue weighted by Gasteiger charge is -2.36. The molecule has 1 heterocycles. The van der Waals surface area contributed by atoms with Crippen LogP contribution in [0.25, 0.3) is 0 Å². The van der Waals surface area contributed by atoms with Gasteiger partial charge in [-0.05, 0) is 50.1 Å². The molecule has 1 atom stereocenters. The summed E-state index contributed by atoms with van der Waals surface area (Å²) in [6.45, 7) is 11.0. The van der Waals surface area contributed by atoms with Crippen LogP contribution in [-0.4, -0.2) is 38.1 Å². The van der Waals surface area contributed by atoms with Gasteiger partial charge in [-0.25, -0.2) is 0 Å². The second kappa shape index (κ2) is 5.83. The fourth-order valence-corrected chi connectivity index (χ4v) is 2.75. The molecule has 1 fully saturated rings. The van der Waals surface area contributed by atoms with E-state index < -0.39 is 0 Å². The van der Waals surface area contributed by atoms with Crippen molar-refractivity contribution in [2.45, 2.75) is 26.9 Å². The summed E-state index contributed by atoms with van der Waals surface area (Å²) in [5, 5.41) is 6.88. The van der Waals surface area contributed by atoms with E-state index in [1.54, 1.807) is 0 Å². The van der Waals surface area contributed by atoms with Gasteiger partial charge in [-0.15, -0.1) is 0 Å². The van der Waals surface area contributed by atoms with Crippen LogP contribution in [0.4, 0.5) is 0 Å². The first kappa shape index (κ1) is 13.5. The van der Waals surface area contributed by atoms with Crippen molar-refractivity contribution in [3.63, 3.8) is 0 Å². The van der Waals surface area contributed by atoms with Gasteiger partial charge in [-0.2, -0.15) is 0 Å². The molecule has 0 radical (unpaired) electrons. The predicted molar refractivity (Wildman–Crippen MR) is 76.9 cm³/mol. The summed E-state index contributed by atoms with van der Waals surface area (Å²) in [7, 11) is 2.06. The van der Waals surface area contributed by atoms with Crippen molar-refractivity contribution >= 4 is 0 Å². The SMILES string of the molecule is CNC(c1ccc(C)c(C)c1C)N1CCNCC1. The molecule has 0 spiro atoms. The number of aryl methyl sites for hydroxylation is 1. The van der Waals surface area contributed by atoms with Crippen molar-refractivity contribution in [1.82, 2.24) is 15.5 Å². The highest BCUT2D eigenvalue weighted by Gasteiger charge is 2.22. The molecule has 0 saturated carbocycles. The van der Waals surface area contributed by atoms with Crippen molar-refractivity contribution in [1.29, 1.82) is 0 Å². The largest absolute Gasteiger partial charge is 0.314 e. The predicted octanol–water partition coefficient (Wildman–Crippen LogP) is 1.74. The molecule has 2 rings (SSSR count). The standard InChI is InChI=1S/C15H25N3/c1-11-5-6-14(13(3)12(11)2)15(16-4)18-9-7-17-8-10-18/h5-6,15-17H,7-10H2,1-4H3. The highest BCUT2D eigenvalue weighted by atomic mass is 15.3. The molecule has 2 N–H and O–H groups in total. The highest BCUT2D eigenvalue weighted by molar-refractivity contribution is 5.40. The Morgan fingerprint density at radius 3 is 2.39 bits per heavy atom. The van der Waals surface area contributed by atoms with Crippen molar-refractivity contribution in [2.24, 2.45) is 0 Å². The third-order valence-corrected chi connectivity index (χ3v) is 4.18. The van der Waals surface area contributed by atoms with Gasteiger partial charge < -0.3 is 10.6 Å². The molecule has 1 aromatic carbocycles. The number of hydrogen-bond acceptors (Lipinski definition) is 3. The second-order valence-corrected chi connectivity index (χ2v) is 5.20. The molecule has 0 bridgehead atoms. The molecule has 1 saturated heterocycles. The number of nitrogens with zero attached hydrogens (tertiary/aromatic N) is 1. The third kappa shape index (κ3) is 2.58. The molecule has 0 aromatic heterocycles. The summed E-state index contributed by atoms with van der Waals surface area (Å²) < 4.78 is 0. The van der Waals surface area contributed by atoms with Crippen molar-refractivity contribution in [3.05, 3.63) is 34.4 Å². The maximum Gasteiger partial charge on any atom is 0.0861 e. The van der Waals surface area contributed by atoms with Crippen LogP contribution < -0.4 is 10.6 Å². The summed E-state index contributed by atoms with van der Waals surface area (Å²) >= 11 is 0. The van der Waals surface area contributed by atoms with Gasteiger partial charge in [0.1, 0.15) is 0 Å². The lowest BCUT2D eigenvalue weighted by molar-refractivity contribution is 0.152. The van der Waals surface area contributed by atoms with Crippen LogP contribution in [0, 0.1) is 20.8 Å². The second-order valence-electron chi connectivity index (χ2n) is 5.20. The minimum atomic E-state index is 0.339. The number of benzene rings is 1. The van der Waals surface area contributed by atoms with E-state index in [0.29, 0.717) is 6.17 Å². The Bertz CT molecular complexity index is 408. The Morgan fingerprint density at radius 1 is 1.11 bits per heavy atom. The Kier molecular flexibility index (Phi) is 4.38. The molecule has 100 valence electrons. The molecule has 1 aliphatic rings. The zero-order valence-electron chi connectivity index (χ0n) is 12.0. The van der Waals surface area contributed by atoms with Gasteiger partial charge in [0, 0.05) is 26.2 Å². The number of nitrogens with one attached hydrogen (secondary N) is 2. The fourth-order valence-electron chi connectivity index (χ4n) is 2.75. The molecule has 0 aliphatic carbocycles. The lowest BCUT2D eigenvalue weighted by Crippen LogP contribution is -2.48. The number of hydrogen-bond donors (Lipinski definition) is 2. The zero-order valence-corrected chi connectivity index (χ0v) is 12.0. The monoisotopic (exact) mass is 247 g/mol. The lowest BCUT2D eigenvalue weighted by atomic mass is 9.96. The molecule has 18 heavy (non-hydrogen) atoms. The van der Waals surface area contributed by atoms with Crippen LogP contribution in [0.3, 0.4) is 0 Å². The molecule has 3 nitrogen and oxygen atoms in total. The smallest absolute Gasteiger partial charge is 0.0861 e. The van der Waals surface area contributed by atoms with Gasteiger partial charge in [-0.1, -0.05) is 12.1 Å². The maximum absolute atomic E-state index is 3.47. The maximum atomic E-state index is 3.47. The van der Waals surface area contributed by atoms with Crippen molar-refractivity contribution < 1.29 is 0 Å². The number of piperazine rings is 1. The third-order valence-electron chi connectivity index (χ3n) is 4.18. The van der Waals surface area contributed by atoms with Crippen LogP contribution in [0.15, 0.2) is 12.1 Å². The topological polar surface area (TPSA) is 27.3 Å². The average molecular weight is 247 g/mol. The first-order valence-electron chi connectivity index (χ1n) is 6.84. The summed E-state index contributed by atoms with van der Waals surface area (Å²) in [5.41, 5.74) is 5.64. The van der Waals surface area contributed by atoms with Gasteiger partial charge in [0.25, 0.3) is 0 Å². The van der Waals surface area contributed by atoms with Crippen LogP contribution in [-0.2, 0) is 0 Å². The minimum absolute atomic E-state index is 0.339. The summed E-state index contributed by atoms with van der Waals surface area (Å²) in [6.07, 6.45) is 0.339. The van der Waals surface area contributed by atoms with E-state index in [1.165, 1.54) is 22.3 Å². The Morgan fingerprint density at radius 2 is 1.78 bits per heavy atom. The van der Waals surface area contributed by atoms with Gasteiger partial charge in [0.15, 0.2) is 0 Å². The van der Waals surface area contributed by atoms with E-state index in [0.717, 1.165) is 26.2 Å². The van der Waals surface area contributed by atoms with Crippen molar-refractivity contribution in [3.8, 4) is 0 Å². The minimum Gasteiger partial charge on any atom is -0.314 e. The Labute approximate surface area is 111 Å². The van der Waals surface area contributed by atoms with E-state index in [9.17, 15) is 0 Å². The molecule has 3 heteroatoms. The van der Waals surface area contributed by atoms with E-state index in [-0.39, 0.29) is 0 Å². The number of rotatable bonds is 3. The summed E-state index contributed by atoms with van der Waals surface area (Å²) in [5.74, 6) is 0. The van der Waals surface area contributed by atoms with Crippen LogP contribution >= 0.6 is 0 Å². The van der Waals surface area contributed by atoms with Gasteiger partial charge in [0.05, 0.1) is 6.17 Å². The van der Waals surface area contributed by atoms with Gasteiger partial charge in [-0.3, -0.25) is 4.90 Å². The van der Waals surface area contributed by atoms with E-state index >= 15 is 0 Å². The quantitative estimate of drug-likeness (QED) is 0.852. The summed E-state index contributed by atoms with van der Waals surface area (Å²) in [4.78, 5) is 2.52. The first-order chi connectivity index (χ1) is 8.65. The molecule has 1 aromatic rings. The zero-order chi connectivity index (χ0) is 13.1. The van der Waals surface area contributed by atoms with Crippen LogP contribution in [0.1, 0.15) is 28.4 Å². The van der Waals surface area contributed by atoms with Crippen LogP contribution in [0.2, 0.25) is 0 Å². The Hall–Kier alpha value is -0.900. The van der Waals surface area contributed by atoms with E-state index in [2.05, 4.69) is 55.5 Å². The molecule has 1 unspecified atom stereocenters. The van der Waals surface area contributed by atoms with E-state index in [4.69, 9.17) is 0 Å². The van der Waals surface area contributed by atoms with Crippen LogP contribution in [0.5, 0.6) is 0 Å². The van der Waals surface area contributed by atoms with E-state index in [1.807, 2.05) is 0 Å². The first-order valence-corrected chi connectivity index (χ1v) is 6.84. The highest BCUT2D eigenvalue weighted by Crippen LogP contribution is 2.25. The molecule has 1 aliphatic heterocycles. The normalized spacial score (nSPS) is 18.9. The van der Waals surface area contributed by atoms with Crippen molar-refractivity contribution in [2.75, 3.05) is 33.2 Å². The molecule has 0 amide bonds. The summed E-state index contributed by atoms with van der Waals surface area (Å²) in [6, 6.07) is 4.52.